The quantitative estimate of drug-likeness (QED) is 0.407. The first kappa shape index (κ1) is 26.5. The molecule has 5 rings (SSSR count). The zero-order chi connectivity index (χ0) is 27.7. The van der Waals surface area contributed by atoms with Crippen molar-refractivity contribution in [3.63, 3.8) is 0 Å². The van der Waals surface area contributed by atoms with E-state index in [4.69, 9.17) is 4.74 Å². The van der Waals surface area contributed by atoms with Crippen molar-refractivity contribution in [1.29, 1.82) is 5.26 Å². The molecule has 1 N–H and O–H groups in total. The minimum absolute atomic E-state index is 0.000442. The van der Waals surface area contributed by atoms with Crippen LogP contribution in [0.5, 0.6) is 0 Å². The Morgan fingerprint density at radius 3 is 2.08 bits per heavy atom. The molecule has 2 bridgehead atoms. The summed E-state index contributed by atoms with van der Waals surface area (Å²) < 4.78 is 5.45. The standard InChI is InChI=1S/C33H35N3O3/c1-21-5-9-23(10-6-21)29-16-13-25(17-30(29)24-11-7-22(20-34)8-12-24)31(37)36-27-14-15-28(36)19-26(18-27)35-32(38)39-33(2,3)4/h5-13,16-17,26-28H,14-15,18-19H2,1-4H3,(H,35,38). The molecule has 2 heterocycles. The summed E-state index contributed by atoms with van der Waals surface area (Å²) in [5, 5.41) is 12.3. The molecule has 200 valence electrons. The summed E-state index contributed by atoms with van der Waals surface area (Å²) in [5.41, 5.74) is 5.93. The second kappa shape index (κ2) is 10.6. The van der Waals surface area contributed by atoms with Gasteiger partial charge in [0.25, 0.3) is 5.91 Å². The third-order valence-corrected chi connectivity index (χ3v) is 7.64. The Balaban J connectivity index is 1.41. The predicted molar refractivity (Wildman–Crippen MR) is 152 cm³/mol. The van der Waals surface area contributed by atoms with Gasteiger partial charge in [0.2, 0.25) is 0 Å². The number of fused-ring (bicyclic) bond motifs is 2. The van der Waals surface area contributed by atoms with Crippen molar-refractivity contribution in [2.24, 2.45) is 0 Å². The van der Waals surface area contributed by atoms with Gasteiger partial charge in [-0.15, -0.1) is 0 Å². The molecule has 39 heavy (non-hydrogen) atoms. The number of ether oxygens (including phenoxy) is 1. The van der Waals surface area contributed by atoms with Crippen LogP contribution in [0.1, 0.15) is 67.9 Å². The van der Waals surface area contributed by atoms with Crippen molar-refractivity contribution >= 4 is 12.0 Å². The summed E-state index contributed by atoms with van der Waals surface area (Å²) >= 11 is 0. The van der Waals surface area contributed by atoms with E-state index in [1.807, 2.05) is 68.1 Å². The van der Waals surface area contributed by atoms with Crippen molar-refractivity contribution in [2.75, 3.05) is 0 Å². The van der Waals surface area contributed by atoms with E-state index < -0.39 is 11.7 Å². The first-order valence-electron chi connectivity index (χ1n) is 13.6. The Kier molecular flexibility index (Phi) is 7.18. The number of amides is 2. The van der Waals surface area contributed by atoms with E-state index in [0.29, 0.717) is 11.1 Å². The molecule has 6 heteroatoms. The minimum Gasteiger partial charge on any atom is -0.444 e. The molecule has 2 atom stereocenters. The molecular weight excluding hydrogens is 486 g/mol. The van der Waals surface area contributed by atoms with Gasteiger partial charge in [0.15, 0.2) is 0 Å². The lowest BCUT2D eigenvalue weighted by atomic mass is 9.91. The van der Waals surface area contributed by atoms with Crippen LogP contribution in [0.2, 0.25) is 0 Å². The number of benzene rings is 3. The van der Waals surface area contributed by atoms with Crippen molar-refractivity contribution in [3.05, 3.63) is 83.4 Å². The molecular formula is C33H35N3O3. The fraction of sp³-hybridized carbons (Fsp3) is 0.364. The number of nitriles is 1. The van der Waals surface area contributed by atoms with Crippen LogP contribution in [0.4, 0.5) is 4.79 Å². The predicted octanol–water partition coefficient (Wildman–Crippen LogP) is 6.86. The summed E-state index contributed by atoms with van der Waals surface area (Å²) in [7, 11) is 0. The van der Waals surface area contributed by atoms with Crippen molar-refractivity contribution in [3.8, 4) is 28.3 Å². The van der Waals surface area contributed by atoms with E-state index in [2.05, 4.69) is 42.6 Å². The number of carbonyl (C=O) groups is 2. The molecule has 0 aliphatic carbocycles. The van der Waals surface area contributed by atoms with Gasteiger partial charge in [-0.25, -0.2) is 4.79 Å². The number of aryl methyl sites for hydroxylation is 1. The number of nitrogens with zero attached hydrogens (tertiary/aromatic N) is 2. The van der Waals surface area contributed by atoms with Crippen LogP contribution in [0.3, 0.4) is 0 Å². The van der Waals surface area contributed by atoms with Gasteiger partial charge in [-0.2, -0.15) is 5.26 Å². The number of hydrogen-bond acceptors (Lipinski definition) is 4. The van der Waals surface area contributed by atoms with E-state index in [0.717, 1.165) is 47.9 Å². The Morgan fingerprint density at radius 2 is 1.49 bits per heavy atom. The highest BCUT2D eigenvalue weighted by Gasteiger charge is 2.44. The van der Waals surface area contributed by atoms with Crippen LogP contribution in [-0.4, -0.2) is 40.6 Å². The molecule has 2 aliphatic rings. The monoisotopic (exact) mass is 521 g/mol. The van der Waals surface area contributed by atoms with Crippen molar-refractivity contribution in [2.45, 2.75) is 77.1 Å². The lowest BCUT2D eigenvalue weighted by Gasteiger charge is -2.39. The van der Waals surface area contributed by atoms with Crippen LogP contribution in [0.25, 0.3) is 22.3 Å². The molecule has 0 spiro atoms. The maximum Gasteiger partial charge on any atom is 0.407 e. The van der Waals surface area contributed by atoms with E-state index in [9.17, 15) is 14.9 Å². The van der Waals surface area contributed by atoms with Gasteiger partial charge in [-0.05, 0) is 99.9 Å². The molecule has 3 aromatic rings. The fourth-order valence-electron chi connectivity index (χ4n) is 5.88. The van der Waals surface area contributed by atoms with Crippen LogP contribution >= 0.6 is 0 Å². The van der Waals surface area contributed by atoms with Crippen molar-refractivity contribution < 1.29 is 14.3 Å². The largest absolute Gasteiger partial charge is 0.444 e. The molecule has 0 saturated carbocycles. The molecule has 2 unspecified atom stereocenters. The van der Waals surface area contributed by atoms with E-state index >= 15 is 0 Å². The zero-order valence-electron chi connectivity index (χ0n) is 23.0. The zero-order valence-corrected chi connectivity index (χ0v) is 23.0. The second-order valence-electron chi connectivity index (χ2n) is 11.7. The first-order chi connectivity index (χ1) is 18.6. The van der Waals surface area contributed by atoms with E-state index in [-0.39, 0.29) is 24.0 Å². The van der Waals surface area contributed by atoms with Gasteiger partial charge in [0, 0.05) is 23.7 Å². The summed E-state index contributed by atoms with van der Waals surface area (Å²) in [4.78, 5) is 28.3. The average Bonchev–Trinajstić information content (AvgIpc) is 3.17. The van der Waals surface area contributed by atoms with Crippen molar-refractivity contribution in [1.82, 2.24) is 10.2 Å². The smallest absolute Gasteiger partial charge is 0.407 e. The molecule has 2 saturated heterocycles. The van der Waals surface area contributed by atoms with Crippen LogP contribution in [0, 0.1) is 18.3 Å². The number of nitrogens with one attached hydrogen (secondary N) is 1. The first-order valence-corrected chi connectivity index (χ1v) is 13.6. The molecule has 2 amide bonds. The van der Waals surface area contributed by atoms with Gasteiger partial charge in [0.05, 0.1) is 11.6 Å². The number of carbonyl (C=O) groups excluding carboxylic acids is 2. The normalized spacial score (nSPS) is 20.3. The fourth-order valence-corrected chi connectivity index (χ4v) is 5.88. The van der Waals surface area contributed by atoms with Gasteiger partial charge in [-0.3, -0.25) is 4.79 Å². The highest BCUT2D eigenvalue weighted by molar-refractivity contribution is 5.98. The summed E-state index contributed by atoms with van der Waals surface area (Å²) in [6, 6.07) is 24.2. The maximum atomic E-state index is 13.9. The van der Waals surface area contributed by atoms with Gasteiger partial charge >= 0.3 is 6.09 Å². The molecule has 2 fully saturated rings. The lowest BCUT2D eigenvalue weighted by molar-refractivity contribution is 0.0418. The summed E-state index contributed by atoms with van der Waals surface area (Å²) in [6.45, 7) is 7.63. The highest BCUT2D eigenvalue weighted by atomic mass is 16.6. The van der Waals surface area contributed by atoms with Gasteiger partial charge in [-0.1, -0.05) is 48.0 Å². The summed E-state index contributed by atoms with van der Waals surface area (Å²) in [6.07, 6.45) is 2.93. The molecule has 3 aromatic carbocycles. The van der Waals surface area contributed by atoms with Gasteiger partial charge in [0.1, 0.15) is 5.60 Å². The molecule has 0 radical (unpaired) electrons. The maximum absolute atomic E-state index is 13.9. The topological polar surface area (TPSA) is 82.4 Å². The van der Waals surface area contributed by atoms with E-state index in [1.165, 1.54) is 5.56 Å². The van der Waals surface area contributed by atoms with E-state index in [1.54, 1.807) is 0 Å². The average molecular weight is 522 g/mol. The number of piperidine rings is 1. The molecule has 0 aromatic heterocycles. The summed E-state index contributed by atoms with van der Waals surface area (Å²) in [5.74, 6) is 0.0311. The molecule has 6 nitrogen and oxygen atoms in total. The number of alkyl carbamates (subject to hydrolysis) is 1. The number of rotatable bonds is 4. The SMILES string of the molecule is Cc1ccc(-c2ccc(C(=O)N3C4CCC3CC(NC(=O)OC(C)(C)C)C4)cc2-c2ccc(C#N)cc2)cc1. The van der Waals surface area contributed by atoms with Gasteiger partial charge < -0.3 is 15.0 Å². The highest BCUT2D eigenvalue weighted by Crippen LogP contribution is 2.39. The second-order valence-corrected chi connectivity index (χ2v) is 11.7. The third kappa shape index (κ3) is 5.83. The third-order valence-electron chi connectivity index (χ3n) is 7.64. The van der Waals surface area contributed by atoms with Crippen LogP contribution in [-0.2, 0) is 4.74 Å². The minimum atomic E-state index is -0.545. The van der Waals surface area contributed by atoms with Crippen LogP contribution in [0.15, 0.2) is 66.7 Å². The van der Waals surface area contributed by atoms with Crippen LogP contribution < -0.4 is 5.32 Å². The Morgan fingerprint density at radius 1 is 0.897 bits per heavy atom. The Labute approximate surface area is 230 Å². The molecule has 2 aliphatic heterocycles. The Hall–Kier alpha value is -4.11. The number of hydrogen-bond donors (Lipinski definition) is 1. The Bertz CT molecular complexity index is 1400. The lowest BCUT2D eigenvalue weighted by Crippen LogP contribution is -2.53.